The Labute approximate surface area is 140 Å². The molecule has 7 heteroatoms. The highest BCUT2D eigenvalue weighted by Gasteiger charge is 2.34. The number of likely N-dealkylation sites (tertiary alicyclic amines) is 1. The molecule has 1 atom stereocenters. The van der Waals surface area contributed by atoms with E-state index in [1.807, 2.05) is 24.3 Å². The molecule has 1 fully saturated rings. The van der Waals surface area contributed by atoms with Gasteiger partial charge < -0.3 is 10.6 Å². The molecular weight excluding hydrogens is 319 g/mol. The van der Waals surface area contributed by atoms with Crippen molar-refractivity contribution in [3.63, 3.8) is 0 Å². The number of amides is 2. The highest BCUT2D eigenvalue weighted by atomic mass is 19.4. The molecule has 1 aromatic rings. The van der Waals surface area contributed by atoms with E-state index in [2.05, 4.69) is 31.4 Å². The van der Waals surface area contributed by atoms with E-state index in [9.17, 15) is 18.0 Å². The molecule has 0 saturated carbocycles. The van der Waals surface area contributed by atoms with Gasteiger partial charge in [-0.15, -0.1) is 0 Å². The van der Waals surface area contributed by atoms with Crippen LogP contribution in [0.3, 0.4) is 0 Å². The van der Waals surface area contributed by atoms with Gasteiger partial charge in [-0.05, 0) is 23.5 Å². The number of hydrogen-bond donors (Lipinski definition) is 2. The summed E-state index contributed by atoms with van der Waals surface area (Å²) in [5.41, 5.74) is 1.60. The molecule has 0 radical (unpaired) electrons. The third-order valence-electron chi connectivity index (χ3n) is 3.99. The van der Waals surface area contributed by atoms with Crippen molar-refractivity contribution in [3.05, 3.63) is 29.8 Å². The Bertz CT molecular complexity index is 581. The Morgan fingerprint density at radius 3 is 2.54 bits per heavy atom. The van der Waals surface area contributed by atoms with Gasteiger partial charge in [0, 0.05) is 24.8 Å². The van der Waals surface area contributed by atoms with Gasteiger partial charge in [0.05, 0.1) is 6.54 Å². The quantitative estimate of drug-likeness (QED) is 0.878. The first kappa shape index (κ1) is 18.6. The lowest BCUT2D eigenvalue weighted by atomic mass is 9.86. The van der Waals surface area contributed by atoms with Gasteiger partial charge in [-0.3, -0.25) is 4.90 Å². The van der Waals surface area contributed by atoms with Gasteiger partial charge in [0.1, 0.15) is 0 Å². The SMILES string of the molecule is CC(C)(C)c1ccccc1NC(=O)N[C@@H]1CCN(CC(F)(F)F)C1. The van der Waals surface area contributed by atoms with E-state index < -0.39 is 12.7 Å². The number of nitrogens with one attached hydrogen (secondary N) is 2. The first-order valence-electron chi connectivity index (χ1n) is 8.01. The van der Waals surface area contributed by atoms with E-state index in [1.165, 1.54) is 4.90 Å². The zero-order valence-electron chi connectivity index (χ0n) is 14.2. The molecule has 0 aromatic heterocycles. The van der Waals surface area contributed by atoms with Gasteiger partial charge in [-0.1, -0.05) is 39.0 Å². The maximum atomic E-state index is 12.4. The first-order valence-corrected chi connectivity index (χ1v) is 8.01. The number of benzene rings is 1. The second kappa shape index (κ2) is 7.01. The van der Waals surface area contributed by atoms with E-state index in [4.69, 9.17) is 0 Å². The number of carbonyl (C=O) groups excluding carboxylic acids is 1. The van der Waals surface area contributed by atoms with Crippen molar-refractivity contribution in [2.45, 2.75) is 44.8 Å². The zero-order valence-corrected chi connectivity index (χ0v) is 14.2. The molecule has 24 heavy (non-hydrogen) atoms. The lowest BCUT2D eigenvalue weighted by molar-refractivity contribution is -0.143. The fourth-order valence-electron chi connectivity index (χ4n) is 2.94. The van der Waals surface area contributed by atoms with Gasteiger partial charge in [0.25, 0.3) is 0 Å². The average molecular weight is 343 g/mol. The molecule has 1 aromatic carbocycles. The highest BCUT2D eigenvalue weighted by Crippen LogP contribution is 2.29. The van der Waals surface area contributed by atoms with Gasteiger partial charge in [-0.2, -0.15) is 13.2 Å². The lowest BCUT2D eigenvalue weighted by Gasteiger charge is -2.23. The van der Waals surface area contributed by atoms with E-state index >= 15 is 0 Å². The maximum absolute atomic E-state index is 12.4. The summed E-state index contributed by atoms with van der Waals surface area (Å²) in [6.07, 6.45) is -3.69. The number of halogens is 3. The summed E-state index contributed by atoms with van der Waals surface area (Å²) in [6, 6.07) is 6.88. The van der Waals surface area contributed by atoms with Gasteiger partial charge in [0.15, 0.2) is 0 Å². The molecule has 0 bridgehead atoms. The number of anilines is 1. The normalized spacial score (nSPS) is 19.3. The van der Waals surface area contributed by atoms with Gasteiger partial charge in [-0.25, -0.2) is 4.79 Å². The number of para-hydroxylation sites is 1. The molecule has 1 saturated heterocycles. The average Bonchev–Trinajstić information content (AvgIpc) is 2.82. The van der Waals surface area contributed by atoms with Crippen molar-refractivity contribution >= 4 is 11.7 Å². The number of nitrogens with zero attached hydrogens (tertiary/aromatic N) is 1. The van der Waals surface area contributed by atoms with Crippen LogP contribution in [0.1, 0.15) is 32.8 Å². The molecule has 0 unspecified atom stereocenters. The van der Waals surface area contributed by atoms with Crippen LogP contribution >= 0.6 is 0 Å². The van der Waals surface area contributed by atoms with E-state index in [0.29, 0.717) is 18.7 Å². The Hall–Kier alpha value is -1.76. The molecule has 2 rings (SSSR count). The predicted molar refractivity (Wildman–Crippen MR) is 88.2 cm³/mol. The topological polar surface area (TPSA) is 44.4 Å². The molecule has 1 heterocycles. The number of hydrogen-bond acceptors (Lipinski definition) is 2. The van der Waals surface area contributed by atoms with Crippen molar-refractivity contribution in [1.82, 2.24) is 10.2 Å². The number of carbonyl (C=O) groups is 1. The van der Waals surface area contributed by atoms with Crippen molar-refractivity contribution in [2.75, 3.05) is 25.0 Å². The molecule has 134 valence electrons. The van der Waals surface area contributed by atoms with E-state index in [1.54, 1.807) is 0 Å². The van der Waals surface area contributed by atoms with Crippen molar-refractivity contribution in [1.29, 1.82) is 0 Å². The third-order valence-corrected chi connectivity index (χ3v) is 3.99. The van der Waals surface area contributed by atoms with Gasteiger partial charge in [0.2, 0.25) is 0 Å². The highest BCUT2D eigenvalue weighted by molar-refractivity contribution is 5.90. The zero-order chi connectivity index (χ0) is 18.0. The van der Waals surface area contributed by atoms with Crippen LogP contribution in [0.15, 0.2) is 24.3 Å². The van der Waals surface area contributed by atoms with Crippen LogP contribution in [0.2, 0.25) is 0 Å². The van der Waals surface area contributed by atoms with E-state index in [0.717, 1.165) is 5.56 Å². The standard InChI is InChI=1S/C17H24F3N3O/c1-16(2,3)13-6-4-5-7-14(13)22-15(24)21-12-8-9-23(10-12)11-17(18,19)20/h4-7,12H,8-11H2,1-3H3,(H2,21,22,24)/t12-/m1/s1. The molecular formula is C17H24F3N3O. The van der Waals surface area contributed by atoms with E-state index in [-0.39, 0.29) is 24.0 Å². The summed E-state index contributed by atoms with van der Waals surface area (Å²) >= 11 is 0. The van der Waals surface area contributed by atoms with Crippen LogP contribution in [0.25, 0.3) is 0 Å². The largest absolute Gasteiger partial charge is 0.401 e. The molecule has 0 aliphatic carbocycles. The Balaban J connectivity index is 1.91. The summed E-state index contributed by atoms with van der Waals surface area (Å²) in [6.45, 7) is 5.78. The number of alkyl halides is 3. The smallest absolute Gasteiger partial charge is 0.334 e. The van der Waals surface area contributed by atoms with Crippen molar-refractivity contribution in [3.8, 4) is 0 Å². The van der Waals surface area contributed by atoms with Crippen LogP contribution in [-0.2, 0) is 5.41 Å². The first-order chi connectivity index (χ1) is 11.0. The second-order valence-electron chi connectivity index (χ2n) is 7.23. The lowest BCUT2D eigenvalue weighted by Crippen LogP contribution is -2.41. The van der Waals surface area contributed by atoms with Crippen LogP contribution < -0.4 is 10.6 Å². The summed E-state index contributed by atoms with van der Waals surface area (Å²) in [4.78, 5) is 13.5. The minimum atomic E-state index is -4.21. The summed E-state index contributed by atoms with van der Waals surface area (Å²) in [5, 5.41) is 5.58. The number of rotatable bonds is 3. The Morgan fingerprint density at radius 2 is 1.92 bits per heavy atom. The minimum Gasteiger partial charge on any atom is -0.334 e. The summed E-state index contributed by atoms with van der Waals surface area (Å²) in [7, 11) is 0. The fraction of sp³-hybridized carbons (Fsp3) is 0.588. The minimum absolute atomic E-state index is 0.124. The number of urea groups is 1. The van der Waals surface area contributed by atoms with Crippen LogP contribution in [0.5, 0.6) is 0 Å². The van der Waals surface area contributed by atoms with Crippen molar-refractivity contribution in [2.24, 2.45) is 0 Å². The van der Waals surface area contributed by atoms with Crippen LogP contribution in [0, 0.1) is 0 Å². The second-order valence-corrected chi connectivity index (χ2v) is 7.23. The Morgan fingerprint density at radius 1 is 1.25 bits per heavy atom. The molecule has 2 amide bonds. The summed E-state index contributed by atoms with van der Waals surface area (Å²) < 4.78 is 37.2. The van der Waals surface area contributed by atoms with Crippen LogP contribution in [-0.4, -0.2) is 42.8 Å². The predicted octanol–water partition coefficient (Wildman–Crippen LogP) is 3.74. The molecule has 2 N–H and O–H groups in total. The Kier molecular flexibility index (Phi) is 5.42. The molecule has 0 spiro atoms. The molecule has 1 aliphatic rings. The van der Waals surface area contributed by atoms with Crippen LogP contribution in [0.4, 0.5) is 23.7 Å². The summed E-state index contributed by atoms with van der Waals surface area (Å²) in [5.74, 6) is 0. The third kappa shape index (κ3) is 5.40. The maximum Gasteiger partial charge on any atom is 0.401 e. The monoisotopic (exact) mass is 343 g/mol. The molecule has 1 aliphatic heterocycles. The van der Waals surface area contributed by atoms with Crippen molar-refractivity contribution < 1.29 is 18.0 Å². The molecule has 4 nitrogen and oxygen atoms in total. The fourth-order valence-corrected chi connectivity index (χ4v) is 2.94. The van der Waals surface area contributed by atoms with Gasteiger partial charge >= 0.3 is 12.2 Å².